The Morgan fingerprint density at radius 3 is 2.52 bits per heavy atom. The fourth-order valence-corrected chi connectivity index (χ4v) is 3.06. The molecule has 2 aromatic carbocycles. The molecule has 0 bridgehead atoms. The maximum absolute atomic E-state index is 5.95. The monoisotopic (exact) mass is 509 g/mol. The minimum absolute atomic E-state index is 0. The molecule has 0 saturated carbocycles. The van der Waals surface area contributed by atoms with Crippen LogP contribution < -0.4 is 20.1 Å². The second kappa shape index (κ2) is 10.9. The van der Waals surface area contributed by atoms with E-state index in [9.17, 15) is 0 Å². The lowest BCUT2D eigenvalue weighted by Crippen LogP contribution is -2.36. The van der Waals surface area contributed by atoms with E-state index in [4.69, 9.17) is 13.9 Å². The van der Waals surface area contributed by atoms with Crippen molar-refractivity contribution in [1.82, 2.24) is 10.6 Å². The molecule has 0 fully saturated rings. The van der Waals surface area contributed by atoms with Crippen molar-refractivity contribution in [2.24, 2.45) is 4.99 Å². The van der Waals surface area contributed by atoms with Crippen LogP contribution in [0.4, 0.5) is 0 Å². The number of guanidine groups is 1. The molecule has 1 heterocycles. The average Bonchev–Trinajstić information content (AvgIpc) is 3.05. The highest BCUT2D eigenvalue weighted by atomic mass is 127. The molecule has 0 atom stereocenters. The van der Waals surface area contributed by atoms with E-state index >= 15 is 0 Å². The number of methoxy groups -OCH3 is 1. The Balaban J connectivity index is 0.00000300. The summed E-state index contributed by atoms with van der Waals surface area (Å²) in [6.45, 7) is 5.81. The smallest absolute Gasteiger partial charge is 0.191 e. The minimum atomic E-state index is 0. The number of nitrogens with one attached hydrogen (secondary N) is 2. The van der Waals surface area contributed by atoms with Gasteiger partial charge in [0, 0.05) is 24.5 Å². The van der Waals surface area contributed by atoms with Crippen molar-refractivity contribution in [3.05, 3.63) is 59.4 Å². The van der Waals surface area contributed by atoms with Gasteiger partial charge >= 0.3 is 0 Å². The summed E-state index contributed by atoms with van der Waals surface area (Å²) in [7, 11) is 3.39. The SMILES string of the molecule is CCOc1ccc(CNC(=NC)NCc2oc3ccccc3c2C)cc1OC.I. The first-order valence-corrected chi connectivity index (χ1v) is 9.37. The highest BCUT2D eigenvalue weighted by molar-refractivity contribution is 14.0. The van der Waals surface area contributed by atoms with Gasteiger partial charge in [0.25, 0.3) is 0 Å². The number of rotatable bonds is 7. The third-order valence-corrected chi connectivity index (χ3v) is 4.57. The molecule has 6 nitrogen and oxygen atoms in total. The van der Waals surface area contributed by atoms with Crippen molar-refractivity contribution in [2.75, 3.05) is 20.8 Å². The number of aliphatic imine (C=N–C) groups is 1. The van der Waals surface area contributed by atoms with Crippen LogP contribution in [0.1, 0.15) is 23.8 Å². The number of benzene rings is 2. The zero-order valence-electron chi connectivity index (χ0n) is 17.2. The lowest BCUT2D eigenvalue weighted by molar-refractivity contribution is 0.310. The maximum Gasteiger partial charge on any atom is 0.191 e. The quantitative estimate of drug-likeness (QED) is 0.276. The molecule has 0 aliphatic heterocycles. The number of hydrogen-bond acceptors (Lipinski definition) is 4. The zero-order valence-corrected chi connectivity index (χ0v) is 19.6. The van der Waals surface area contributed by atoms with Gasteiger partial charge in [-0.1, -0.05) is 24.3 Å². The molecule has 7 heteroatoms. The number of fused-ring (bicyclic) bond motifs is 1. The third kappa shape index (κ3) is 5.56. The second-order valence-electron chi connectivity index (χ2n) is 6.34. The number of aryl methyl sites for hydroxylation is 1. The summed E-state index contributed by atoms with van der Waals surface area (Å²) < 4.78 is 16.9. The molecular formula is C22H28IN3O3. The van der Waals surface area contributed by atoms with Gasteiger partial charge in [-0.15, -0.1) is 24.0 Å². The Hall–Kier alpha value is -2.42. The number of halogens is 1. The van der Waals surface area contributed by atoms with E-state index in [1.165, 1.54) is 0 Å². The van der Waals surface area contributed by atoms with E-state index in [0.29, 0.717) is 25.7 Å². The van der Waals surface area contributed by atoms with Crippen LogP contribution in [-0.2, 0) is 13.1 Å². The van der Waals surface area contributed by atoms with Gasteiger partial charge in [-0.3, -0.25) is 4.99 Å². The first-order valence-electron chi connectivity index (χ1n) is 9.37. The van der Waals surface area contributed by atoms with E-state index in [-0.39, 0.29) is 24.0 Å². The summed E-state index contributed by atoms with van der Waals surface area (Å²) in [6, 6.07) is 14.0. The molecular weight excluding hydrogens is 481 g/mol. The lowest BCUT2D eigenvalue weighted by Gasteiger charge is -2.13. The van der Waals surface area contributed by atoms with Crippen LogP contribution in [0.2, 0.25) is 0 Å². The minimum Gasteiger partial charge on any atom is -0.493 e. The third-order valence-electron chi connectivity index (χ3n) is 4.57. The molecule has 0 spiro atoms. The molecule has 0 unspecified atom stereocenters. The molecule has 0 saturated heterocycles. The summed E-state index contributed by atoms with van der Waals surface area (Å²) in [4.78, 5) is 4.29. The van der Waals surface area contributed by atoms with Crippen molar-refractivity contribution >= 4 is 40.9 Å². The summed E-state index contributed by atoms with van der Waals surface area (Å²) in [6.07, 6.45) is 0. The molecule has 0 amide bonds. The highest BCUT2D eigenvalue weighted by Gasteiger charge is 2.11. The lowest BCUT2D eigenvalue weighted by atomic mass is 10.1. The molecule has 156 valence electrons. The zero-order chi connectivity index (χ0) is 19.9. The molecule has 2 N–H and O–H groups in total. The summed E-state index contributed by atoms with van der Waals surface area (Å²) in [5.41, 5.74) is 3.12. The Morgan fingerprint density at radius 2 is 1.83 bits per heavy atom. The van der Waals surface area contributed by atoms with E-state index in [2.05, 4.69) is 28.6 Å². The van der Waals surface area contributed by atoms with E-state index in [0.717, 1.165) is 39.4 Å². The number of furan rings is 1. The fraction of sp³-hybridized carbons (Fsp3) is 0.318. The number of nitrogens with zero attached hydrogens (tertiary/aromatic N) is 1. The Morgan fingerprint density at radius 1 is 1.07 bits per heavy atom. The van der Waals surface area contributed by atoms with Crippen LogP contribution in [0, 0.1) is 6.92 Å². The van der Waals surface area contributed by atoms with Crippen molar-refractivity contribution < 1.29 is 13.9 Å². The van der Waals surface area contributed by atoms with Gasteiger partial charge in [-0.05, 0) is 37.6 Å². The van der Waals surface area contributed by atoms with Crippen LogP contribution in [0.5, 0.6) is 11.5 Å². The summed E-state index contributed by atoms with van der Waals surface area (Å²) >= 11 is 0. The number of hydrogen-bond donors (Lipinski definition) is 2. The van der Waals surface area contributed by atoms with Gasteiger partial charge < -0.3 is 24.5 Å². The van der Waals surface area contributed by atoms with Gasteiger partial charge in [0.2, 0.25) is 0 Å². The molecule has 0 aliphatic rings. The standard InChI is InChI=1S/C22H27N3O3.HI/c1-5-27-19-11-10-16(12-20(19)26-4)13-24-22(23-3)25-14-21-15(2)17-8-6-7-9-18(17)28-21;/h6-12H,5,13-14H2,1-4H3,(H2,23,24,25);1H. The highest BCUT2D eigenvalue weighted by Crippen LogP contribution is 2.28. The van der Waals surface area contributed by atoms with E-state index in [1.54, 1.807) is 14.2 Å². The Labute approximate surface area is 188 Å². The molecule has 0 radical (unpaired) electrons. The fourth-order valence-electron chi connectivity index (χ4n) is 3.06. The first-order chi connectivity index (χ1) is 13.7. The first kappa shape index (κ1) is 22.9. The van der Waals surface area contributed by atoms with Crippen molar-refractivity contribution in [1.29, 1.82) is 0 Å². The summed E-state index contributed by atoms with van der Waals surface area (Å²) in [5.74, 6) is 3.08. The van der Waals surface area contributed by atoms with Crippen LogP contribution >= 0.6 is 24.0 Å². The van der Waals surface area contributed by atoms with Gasteiger partial charge in [0.05, 0.1) is 20.3 Å². The van der Waals surface area contributed by atoms with E-state index in [1.807, 2.05) is 43.3 Å². The van der Waals surface area contributed by atoms with Crippen LogP contribution in [0.25, 0.3) is 11.0 Å². The average molecular weight is 509 g/mol. The van der Waals surface area contributed by atoms with Crippen LogP contribution in [-0.4, -0.2) is 26.7 Å². The Bertz CT molecular complexity index is 969. The topological polar surface area (TPSA) is 68.0 Å². The largest absolute Gasteiger partial charge is 0.493 e. The van der Waals surface area contributed by atoms with Crippen LogP contribution in [0.3, 0.4) is 0 Å². The van der Waals surface area contributed by atoms with Crippen molar-refractivity contribution in [3.63, 3.8) is 0 Å². The van der Waals surface area contributed by atoms with Gasteiger partial charge in [0.1, 0.15) is 11.3 Å². The summed E-state index contributed by atoms with van der Waals surface area (Å²) in [5, 5.41) is 7.76. The number of para-hydroxylation sites is 1. The second-order valence-corrected chi connectivity index (χ2v) is 6.34. The van der Waals surface area contributed by atoms with E-state index < -0.39 is 0 Å². The van der Waals surface area contributed by atoms with Crippen molar-refractivity contribution in [2.45, 2.75) is 26.9 Å². The molecule has 29 heavy (non-hydrogen) atoms. The van der Waals surface area contributed by atoms with Crippen LogP contribution in [0.15, 0.2) is 51.9 Å². The van der Waals surface area contributed by atoms with Gasteiger partial charge in [-0.25, -0.2) is 0 Å². The normalized spacial score (nSPS) is 11.1. The van der Waals surface area contributed by atoms with Gasteiger partial charge in [0.15, 0.2) is 17.5 Å². The van der Waals surface area contributed by atoms with Crippen molar-refractivity contribution in [3.8, 4) is 11.5 Å². The molecule has 3 rings (SSSR count). The number of ether oxygens (including phenoxy) is 2. The Kier molecular flexibility index (Phi) is 8.63. The van der Waals surface area contributed by atoms with Gasteiger partial charge in [-0.2, -0.15) is 0 Å². The molecule has 0 aliphatic carbocycles. The predicted octanol–water partition coefficient (Wildman–Crippen LogP) is 4.63. The molecule has 1 aromatic heterocycles. The molecule has 3 aromatic rings. The predicted molar refractivity (Wildman–Crippen MR) is 128 cm³/mol. The maximum atomic E-state index is 5.95.